The fourth-order valence-corrected chi connectivity index (χ4v) is 3.60. The van der Waals surface area contributed by atoms with Gasteiger partial charge in [0.2, 0.25) is 0 Å². The average Bonchev–Trinajstić information content (AvgIpc) is 3.12. The van der Waals surface area contributed by atoms with E-state index in [2.05, 4.69) is 36.2 Å². The Balaban J connectivity index is 1.74. The Labute approximate surface area is 168 Å². The number of nitrogens with zero attached hydrogens (tertiary/aromatic N) is 4. The van der Waals surface area contributed by atoms with Gasteiger partial charge in [0, 0.05) is 37.8 Å². The van der Waals surface area contributed by atoms with Gasteiger partial charge in [-0.05, 0) is 30.7 Å². The van der Waals surface area contributed by atoms with Gasteiger partial charge in [-0.15, -0.1) is 0 Å². The van der Waals surface area contributed by atoms with Crippen LogP contribution in [0.4, 0.5) is 10.2 Å². The molecule has 0 saturated heterocycles. The number of pyridine rings is 1. The van der Waals surface area contributed by atoms with E-state index in [1.165, 1.54) is 6.07 Å². The summed E-state index contributed by atoms with van der Waals surface area (Å²) in [5.74, 6) is 1.73. The third-order valence-corrected chi connectivity index (χ3v) is 4.97. The molecule has 0 spiro atoms. The minimum Gasteiger partial charge on any atom is -0.373 e. The Kier molecular flexibility index (Phi) is 5.07. The summed E-state index contributed by atoms with van der Waals surface area (Å²) in [6.45, 7) is 3.12. The fourth-order valence-electron chi connectivity index (χ4n) is 3.60. The second kappa shape index (κ2) is 7.83. The van der Waals surface area contributed by atoms with Crippen LogP contribution in [-0.2, 0) is 13.0 Å². The van der Waals surface area contributed by atoms with Gasteiger partial charge in [-0.3, -0.25) is 5.41 Å². The van der Waals surface area contributed by atoms with Crippen molar-refractivity contribution in [1.82, 2.24) is 19.9 Å². The summed E-state index contributed by atoms with van der Waals surface area (Å²) >= 11 is 0. The van der Waals surface area contributed by atoms with Crippen molar-refractivity contribution in [3.05, 3.63) is 65.0 Å². The highest BCUT2D eigenvalue weighted by Crippen LogP contribution is 2.28. The normalized spacial score (nSPS) is 13.9. The van der Waals surface area contributed by atoms with Crippen molar-refractivity contribution in [2.24, 2.45) is 4.99 Å². The van der Waals surface area contributed by atoms with Crippen LogP contribution in [0.2, 0.25) is 0 Å². The number of hydrogen-bond acceptors (Lipinski definition) is 4. The maximum Gasteiger partial charge on any atom is 0.156 e. The number of aryl methyl sites for hydroxylation is 1. The van der Waals surface area contributed by atoms with Crippen LogP contribution in [0.15, 0.2) is 41.4 Å². The van der Waals surface area contributed by atoms with E-state index in [4.69, 9.17) is 5.41 Å². The quantitative estimate of drug-likeness (QED) is 0.470. The third-order valence-electron chi connectivity index (χ3n) is 4.97. The van der Waals surface area contributed by atoms with Gasteiger partial charge in [0.05, 0.1) is 0 Å². The second-order valence-electron chi connectivity index (χ2n) is 6.83. The van der Waals surface area contributed by atoms with E-state index in [0.29, 0.717) is 41.7 Å². The van der Waals surface area contributed by atoms with Gasteiger partial charge in [-0.1, -0.05) is 18.2 Å². The molecule has 1 aliphatic heterocycles. The molecule has 0 unspecified atom stereocenters. The number of amidine groups is 1. The second-order valence-corrected chi connectivity index (χ2v) is 6.83. The SMILES string of the molecule is CNc1ccc2c(n1)CCN(C(=NC=N)c1[nH]c(C)nc1-c1ccccc1F)C2. The standard InChI is InChI=1S/C21H22FN7/c1-13-26-19(15-5-3-4-6-16(15)22)20(27-13)21(25-12-23)29-10-9-17-14(11-29)7-8-18(24-2)28-17/h3-8,12,23H,9-11H2,1-2H3,(H,24,28)(H,26,27). The molecule has 7 nitrogen and oxygen atoms in total. The molecule has 8 heteroatoms. The molecule has 3 heterocycles. The molecule has 3 aromatic rings. The van der Waals surface area contributed by atoms with Crippen LogP contribution >= 0.6 is 0 Å². The summed E-state index contributed by atoms with van der Waals surface area (Å²) < 4.78 is 14.5. The van der Waals surface area contributed by atoms with E-state index in [-0.39, 0.29) is 5.82 Å². The first-order valence-electron chi connectivity index (χ1n) is 9.41. The Hall–Kier alpha value is -3.55. The lowest BCUT2D eigenvalue weighted by Gasteiger charge is -2.31. The van der Waals surface area contributed by atoms with Crippen LogP contribution in [0.1, 0.15) is 22.8 Å². The van der Waals surface area contributed by atoms with E-state index in [1.54, 1.807) is 18.2 Å². The van der Waals surface area contributed by atoms with Crippen molar-refractivity contribution in [3.8, 4) is 11.3 Å². The molecule has 148 valence electrons. The number of aromatic nitrogens is 3. The van der Waals surface area contributed by atoms with E-state index < -0.39 is 0 Å². The number of halogens is 1. The minimum absolute atomic E-state index is 0.345. The molecule has 1 aromatic carbocycles. The van der Waals surface area contributed by atoms with Crippen LogP contribution in [0.3, 0.4) is 0 Å². The van der Waals surface area contributed by atoms with Gasteiger partial charge in [0.15, 0.2) is 5.84 Å². The predicted molar refractivity (Wildman–Crippen MR) is 112 cm³/mol. The maximum absolute atomic E-state index is 14.5. The average molecular weight is 391 g/mol. The first kappa shape index (κ1) is 18.8. The summed E-state index contributed by atoms with van der Waals surface area (Å²) in [6.07, 6.45) is 1.76. The maximum atomic E-state index is 14.5. The lowest BCUT2D eigenvalue weighted by molar-refractivity contribution is 0.390. The zero-order valence-corrected chi connectivity index (χ0v) is 16.3. The van der Waals surface area contributed by atoms with Crippen molar-refractivity contribution < 1.29 is 4.39 Å². The van der Waals surface area contributed by atoms with Crippen LogP contribution in [0, 0.1) is 18.2 Å². The Morgan fingerprint density at radius 3 is 2.86 bits per heavy atom. The van der Waals surface area contributed by atoms with E-state index in [1.807, 2.05) is 20.0 Å². The van der Waals surface area contributed by atoms with Crippen molar-refractivity contribution in [1.29, 1.82) is 5.41 Å². The monoisotopic (exact) mass is 391 g/mol. The van der Waals surface area contributed by atoms with Gasteiger partial charge in [0.25, 0.3) is 0 Å². The van der Waals surface area contributed by atoms with Crippen molar-refractivity contribution in [2.45, 2.75) is 19.9 Å². The molecule has 0 amide bonds. The van der Waals surface area contributed by atoms with Gasteiger partial charge >= 0.3 is 0 Å². The number of benzene rings is 1. The van der Waals surface area contributed by atoms with E-state index in [0.717, 1.165) is 29.8 Å². The molecule has 0 radical (unpaired) electrons. The highest BCUT2D eigenvalue weighted by Gasteiger charge is 2.26. The van der Waals surface area contributed by atoms with Gasteiger partial charge in [-0.2, -0.15) is 0 Å². The molecule has 0 saturated carbocycles. The number of fused-ring (bicyclic) bond motifs is 1. The zero-order chi connectivity index (χ0) is 20.4. The van der Waals surface area contributed by atoms with Crippen LogP contribution in [0.5, 0.6) is 0 Å². The summed E-state index contributed by atoms with van der Waals surface area (Å²) in [5, 5.41) is 10.6. The van der Waals surface area contributed by atoms with Crippen LogP contribution in [0.25, 0.3) is 11.3 Å². The molecule has 0 aliphatic carbocycles. The van der Waals surface area contributed by atoms with Crippen molar-refractivity contribution >= 4 is 18.0 Å². The Morgan fingerprint density at radius 2 is 2.10 bits per heavy atom. The number of anilines is 1. The summed E-state index contributed by atoms with van der Waals surface area (Å²) in [6, 6.07) is 10.5. The van der Waals surface area contributed by atoms with Crippen LogP contribution in [-0.4, -0.2) is 45.6 Å². The number of rotatable bonds is 4. The lowest BCUT2D eigenvalue weighted by atomic mass is 10.0. The Bertz CT molecular complexity index is 1090. The molecule has 0 fully saturated rings. The molecule has 0 bridgehead atoms. The molecule has 1 aliphatic rings. The third kappa shape index (κ3) is 3.61. The van der Waals surface area contributed by atoms with Gasteiger partial charge in [-0.25, -0.2) is 19.4 Å². The topological polar surface area (TPSA) is 93.0 Å². The number of hydrogen-bond donors (Lipinski definition) is 3. The molecular weight excluding hydrogens is 369 g/mol. The van der Waals surface area contributed by atoms with Crippen LogP contribution < -0.4 is 5.32 Å². The number of imidazole rings is 1. The zero-order valence-electron chi connectivity index (χ0n) is 16.3. The summed E-state index contributed by atoms with van der Waals surface area (Å²) in [7, 11) is 1.85. The molecule has 2 aromatic heterocycles. The Morgan fingerprint density at radius 1 is 1.28 bits per heavy atom. The number of aromatic amines is 1. The summed E-state index contributed by atoms with van der Waals surface area (Å²) in [4.78, 5) is 18.7. The van der Waals surface area contributed by atoms with Gasteiger partial charge in [0.1, 0.15) is 35.2 Å². The minimum atomic E-state index is -0.345. The lowest BCUT2D eigenvalue weighted by Crippen LogP contribution is -2.37. The molecule has 3 N–H and O–H groups in total. The van der Waals surface area contributed by atoms with E-state index >= 15 is 0 Å². The smallest absolute Gasteiger partial charge is 0.156 e. The summed E-state index contributed by atoms with van der Waals surface area (Å²) in [5.41, 5.74) is 3.67. The highest BCUT2D eigenvalue weighted by molar-refractivity contribution is 6.05. The fraction of sp³-hybridized carbons (Fsp3) is 0.238. The number of nitrogens with one attached hydrogen (secondary N) is 3. The number of aliphatic imine (C=N–C) groups is 1. The molecular formula is C21H22FN7. The first-order valence-corrected chi connectivity index (χ1v) is 9.41. The largest absolute Gasteiger partial charge is 0.373 e. The molecule has 4 rings (SSSR count). The first-order chi connectivity index (χ1) is 14.1. The highest BCUT2D eigenvalue weighted by atomic mass is 19.1. The molecule has 29 heavy (non-hydrogen) atoms. The predicted octanol–water partition coefficient (Wildman–Crippen LogP) is 3.37. The van der Waals surface area contributed by atoms with Crippen molar-refractivity contribution in [3.63, 3.8) is 0 Å². The number of H-pyrrole nitrogens is 1. The van der Waals surface area contributed by atoms with Gasteiger partial charge < -0.3 is 15.2 Å². The van der Waals surface area contributed by atoms with Crippen molar-refractivity contribution in [2.75, 3.05) is 18.9 Å². The van der Waals surface area contributed by atoms with E-state index in [9.17, 15) is 4.39 Å². The molecule has 0 atom stereocenters.